The molecule has 0 aromatic rings. The van der Waals surface area contributed by atoms with E-state index in [2.05, 4.69) is 29.1 Å². The first-order valence-electron chi connectivity index (χ1n) is 13.4. The van der Waals surface area contributed by atoms with E-state index in [0.717, 1.165) is 38.1 Å². The van der Waals surface area contributed by atoms with Crippen molar-refractivity contribution in [2.24, 2.45) is 27.4 Å². The number of carbonyl (C=O) groups is 1. The molecule has 0 amide bonds. The lowest BCUT2D eigenvalue weighted by atomic mass is 9.89. The van der Waals surface area contributed by atoms with Gasteiger partial charge in [0.15, 0.2) is 11.9 Å². The van der Waals surface area contributed by atoms with Gasteiger partial charge in [0, 0.05) is 24.7 Å². The lowest BCUT2D eigenvalue weighted by Crippen LogP contribution is -2.63. The summed E-state index contributed by atoms with van der Waals surface area (Å²) in [5, 5.41) is 3.72. The first-order chi connectivity index (χ1) is 16.0. The molecule has 0 bridgehead atoms. The lowest BCUT2D eigenvalue weighted by Gasteiger charge is -2.46. The summed E-state index contributed by atoms with van der Waals surface area (Å²) in [5.74, 6) is 0.837. The molecule has 5 N–H and O–H groups in total. The fourth-order valence-electron chi connectivity index (χ4n) is 5.75. The molecule has 188 valence electrons. The minimum atomic E-state index is -0.182. The SMILES string of the molecule is CCCCCCCCC[C@@H]1C[C@@H]2CC[C@H]3[C@H](C(=O)OCCCCN=C(N)N)[C@@H](C)N=C(N1)N23. The van der Waals surface area contributed by atoms with Gasteiger partial charge in [0.05, 0.1) is 18.6 Å². The number of nitrogens with two attached hydrogens (primary N) is 2. The molecular weight excluding hydrogens is 416 g/mol. The Hall–Kier alpha value is -1.99. The number of unbranched alkanes of at least 4 members (excludes halogenated alkanes) is 7. The van der Waals surface area contributed by atoms with Crippen LogP contribution in [0, 0.1) is 5.92 Å². The zero-order valence-corrected chi connectivity index (χ0v) is 20.8. The highest BCUT2D eigenvalue weighted by Crippen LogP contribution is 2.39. The van der Waals surface area contributed by atoms with Gasteiger partial charge in [-0.25, -0.2) is 4.99 Å². The van der Waals surface area contributed by atoms with Crippen LogP contribution in [0.3, 0.4) is 0 Å². The maximum atomic E-state index is 12.9. The summed E-state index contributed by atoms with van der Waals surface area (Å²) in [6, 6.07) is 1.17. The zero-order valence-electron chi connectivity index (χ0n) is 20.8. The van der Waals surface area contributed by atoms with E-state index in [1.54, 1.807) is 0 Å². The van der Waals surface area contributed by atoms with Crippen molar-refractivity contribution in [1.29, 1.82) is 0 Å². The van der Waals surface area contributed by atoms with Crippen LogP contribution in [0.1, 0.15) is 97.3 Å². The van der Waals surface area contributed by atoms with Crippen molar-refractivity contribution in [3.05, 3.63) is 0 Å². The summed E-state index contributed by atoms with van der Waals surface area (Å²) < 4.78 is 5.64. The van der Waals surface area contributed by atoms with Crippen LogP contribution in [0.4, 0.5) is 0 Å². The van der Waals surface area contributed by atoms with Gasteiger partial charge < -0.3 is 26.4 Å². The first kappa shape index (κ1) is 25.6. The van der Waals surface area contributed by atoms with Gasteiger partial charge in [-0.05, 0) is 45.4 Å². The molecule has 3 aliphatic rings. The first-order valence-corrected chi connectivity index (χ1v) is 13.4. The van der Waals surface area contributed by atoms with Crippen molar-refractivity contribution in [1.82, 2.24) is 10.2 Å². The molecule has 2 saturated heterocycles. The summed E-state index contributed by atoms with van der Waals surface area (Å²) in [6.07, 6.45) is 15.6. The van der Waals surface area contributed by atoms with E-state index in [-0.39, 0.29) is 29.9 Å². The second-order valence-electron chi connectivity index (χ2n) is 10.1. The van der Waals surface area contributed by atoms with Gasteiger partial charge in [-0.1, -0.05) is 51.9 Å². The van der Waals surface area contributed by atoms with Crippen LogP contribution in [0.25, 0.3) is 0 Å². The molecule has 0 spiro atoms. The Bertz CT molecular complexity index is 678. The van der Waals surface area contributed by atoms with Crippen LogP contribution in [-0.4, -0.2) is 60.1 Å². The molecule has 8 heteroatoms. The number of hydrogen-bond acceptors (Lipinski definition) is 6. The smallest absolute Gasteiger partial charge is 0.313 e. The minimum Gasteiger partial charge on any atom is -0.465 e. The van der Waals surface area contributed by atoms with Gasteiger partial charge in [-0.2, -0.15) is 0 Å². The van der Waals surface area contributed by atoms with Gasteiger partial charge in [0.1, 0.15) is 0 Å². The number of rotatable bonds is 14. The van der Waals surface area contributed by atoms with Crippen LogP contribution >= 0.6 is 0 Å². The molecule has 0 saturated carbocycles. The van der Waals surface area contributed by atoms with Crippen molar-refractivity contribution in [3.63, 3.8) is 0 Å². The van der Waals surface area contributed by atoms with Gasteiger partial charge >= 0.3 is 5.97 Å². The molecule has 5 atom stereocenters. The van der Waals surface area contributed by atoms with Crippen molar-refractivity contribution >= 4 is 17.9 Å². The molecule has 0 aromatic heterocycles. The number of nitrogens with zero attached hydrogens (tertiary/aromatic N) is 3. The normalized spacial score (nSPS) is 28.0. The molecule has 8 nitrogen and oxygen atoms in total. The number of guanidine groups is 2. The van der Waals surface area contributed by atoms with Gasteiger partial charge in [-0.15, -0.1) is 0 Å². The van der Waals surface area contributed by atoms with Crippen molar-refractivity contribution < 1.29 is 9.53 Å². The number of carbonyl (C=O) groups excluding carboxylic acids is 1. The van der Waals surface area contributed by atoms with Crippen molar-refractivity contribution in [3.8, 4) is 0 Å². The summed E-state index contributed by atoms with van der Waals surface area (Å²) in [6.45, 7) is 5.30. The predicted octanol–water partition coefficient (Wildman–Crippen LogP) is 3.29. The molecule has 33 heavy (non-hydrogen) atoms. The second kappa shape index (κ2) is 13.0. The topological polar surface area (TPSA) is 118 Å². The molecule has 0 aliphatic carbocycles. The lowest BCUT2D eigenvalue weighted by molar-refractivity contribution is -0.151. The number of nitrogens with one attached hydrogen (secondary N) is 1. The zero-order chi connectivity index (χ0) is 23.6. The Morgan fingerprint density at radius 2 is 1.88 bits per heavy atom. The van der Waals surface area contributed by atoms with Crippen LogP contribution < -0.4 is 16.8 Å². The average molecular weight is 463 g/mol. The third-order valence-corrected chi connectivity index (χ3v) is 7.46. The number of aliphatic imine (C=N–C) groups is 2. The van der Waals surface area contributed by atoms with Crippen LogP contribution in [0.15, 0.2) is 9.98 Å². The molecular formula is C25H46N6O2. The Labute approximate surface area is 200 Å². The van der Waals surface area contributed by atoms with Gasteiger partial charge in [-0.3, -0.25) is 9.79 Å². The summed E-state index contributed by atoms with van der Waals surface area (Å²) in [7, 11) is 0. The largest absolute Gasteiger partial charge is 0.465 e. The summed E-state index contributed by atoms with van der Waals surface area (Å²) in [4.78, 5) is 24.2. The average Bonchev–Trinajstić information content (AvgIpc) is 3.19. The van der Waals surface area contributed by atoms with E-state index in [0.29, 0.717) is 25.2 Å². The number of ether oxygens (including phenoxy) is 1. The molecule has 0 aromatic carbocycles. The maximum absolute atomic E-state index is 12.9. The highest BCUT2D eigenvalue weighted by atomic mass is 16.5. The van der Waals surface area contributed by atoms with Gasteiger partial charge in [0.25, 0.3) is 0 Å². The second-order valence-corrected chi connectivity index (χ2v) is 10.1. The molecule has 2 fully saturated rings. The Morgan fingerprint density at radius 1 is 1.12 bits per heavy atom. The fraction of sp³-hybridized carbons (Fsp3) is 0.880. The van der Waals surface area contributed by atoms with Crippen molar-refractivity contribution in [2.45, 2.75) is 121 Å². The molecule has 3 heterocycles. The Morgan fingerprint density at radius 3 is 2.64 bits per heavy atom. The summed E-state index contributed by atoms with van der Waals surface area (Å²) in [5.41, 5.74) is 10.7. The monoisotopic (exact) mass is 462 g/mol. The minimum absolute atomic E-state index is 0.0565. The third-order valence-electron chi connectivity index (χ3n) is 7.46. The Balaban J connectivity index is 1.45. The highest BCUT2D eigenvalue weighted by Gasteiger charge is 2.50. The number of esters is 1. The van der Waals surface area contributed by atoms with E-state index >= 15 is 0 Å². The molecule has 0 unspecified atom stereocenters. The van der Waals surface area contributed by atoms with Crippen molar-refractivity contribution in [2.75, 3.05) is 13.2 Å². The van der Waals surface area contributed by atoms with E-state index in [1.165, 1.54) is 51.4 Å². The van der Waals surface area contributed by atoms with E-state index in [4.69, 9.17) is 21.2 Å². The predicted molar refractivity (Wildman–Crippen MR) is 134 cm³/mol. The molecule has 3 aliphatic heterocycles. The third kappa shape index (κ3) is 7.24. The van der Waals surface area contributed by atoms with E-state index in [9.17, 15) is 4.79 Å². The van der Waals surface area contributed by atoms with E-state index in [1.807, 2.05) is 0 Å². The van der Waals surface area contributed by atoms with Crippen LogP contribution in [0.5, 0.6) is 0 Å². The summed E-state index contributed by atoms with van der Waals surface area (Å²) >= 11 is 0. The highest BCUT2D eigenvalue weighted by molar-refractivity contribution is 5.86. The maximum Gasteiger partial charge on any atom is 0.313 e. The molecule has 0 radical (unpaired) electrons. The standard InChI is InChI=1S/C25H46N6O2/c1-3-4-5-6-7-8-9-12-19-17-20-13-14-21-22(18(2)29-25(30-19)31(20)21)23(32)33-16-11-10-15-28-24(26)27/h18-22H,3-17H2,1-2H3,(H,29,30)(H4,26,27,28)/t18-,19-,20+,21+,22-/m1/s1. The molecule has 3 rings (SSSR count). The fourth-order valence-corrected chi connectivity index (χ4v) is 5.75. The van der Waals surface area contributed by atoms with Crippen LogP contribution in [-0.2, 0) is 9.53 Å². The van der Waals surface area contributed by atoms with Crippen LogP contribution in [0.2, 0.25) is 0 Å². The number of hydrogen-bond donors (Lipinski definition) is 3. The Kier molecular flexibility index (Phi) is 10.1. The van der Waals surface area contributed by atoms with Gasteiger partial charge in [0.2, 0.25) is 0 Å². The van der Waals surface area contributed by atoms with E-state index < -0.39 is 0 Å². The quantitative estimate of drug-likeness (QED) is 0.158.